The number of benzene rings is 2. The maximum Gasteiger partial charge on any atom is 0.407 e. The topological polar surface area (TPSA) is 88.9 Å². The van der Waals surface area contributed by atoms with Gasteiger partial charge in [0.2, 0.25) is 14.2 Å². The molecule has 2 N–H and O–H groups in total. The van der Waals surface area contributed by atoms with Crippen LogP contribution in [0.3, 0.4) is 0 Å². The summed E-state index contributed by atoms with van der Waals surface area (Å²) in [6.45, 7) is 12.5. The Labute approximate surface area is 220 Å². The number of hydrogen-bond acceptors (Lipinski definition) is 5. The Kier molecular flexibility index (Phi) is 7.54. The first-order valence-corrected chi connectivity index (χ1v) is 15.6. The summed E-state index contributed by atoms with van der Waals surface area (Å²) in [7, 11) is -0.0485. The first-order chi connectivity index (χ1) is 17.4. The molecule has 1 aliphatic rings. The zero-order valence-corrected chi connectivity index (χ0v) is 23.6. The Bertz CT molecular complexity index is 1230. The van der Waals surface area contributed by atoms with E-state index in [-0.39, 0.29) is 11.0 Å². The van der Waals surface area contributed by atoms with Crippen molar-refractivity contribution in [1.82, 2.24) is 14.7 Å². The van der Waals surface area contributed by atoms with Gasteiger partial charge in [0, 0.05) is 31.7 Å². The van der Waals surface area contributed by atoms with Crippen molar-refractivity contribution < 1.29 is 19.1 Å². The number of nitrogens with one attached hydrogen (secondary N) is 1. The van der Waals surface area contributed by atoms with Gasteiger partial charge in [-0.2, -0.15) is 5.10 Å². The zero-order chi connectivity index (χ0) is 26.8. The molecular formula is C28H38N4O4Si. The molecule has 1 amide bonds. The average molecular weight is 523 g/mol. The van der Waals surface area contributed by atoms with Crippen LogP contribution in [0.25, 0.3) is 0 Å². The normalized spacial score (nSPS) is 15.7. The number of hydrogen-bond donors (Lipinski definition) is 2. The van der Waals surface area contributed by atoms with E-state index in [4.69, 9.17) is 9.16 Å². The number of ether oxygens (including phenoxy) is 1. The average Bonchev–Trinajstić information content (AvgIpc) is 3.18. The number of amides is 1. The highest BCUT2D eigenvalue weighted by Crippen LogP contribution is 2.38. The minimum Gasteiger partial charge on any atom is -0.544 e. The number of rotatable bonds is 8. The lowest BCUT2D eigenvalue weighted by molar-refractivity contribution is 0.131. The highest BCUT2D eigenvalue weighted by Gasteiger charge is 2.39. The summed E-state index contributed by atoms with van der Waals surface area (Å²) in [5.41, 5.74) is 3.95. The van der Waals surface area contributed by atoms with E-state index in [1.165, 1.54) is 10.5 Å². The third kappa shape index (κ3) is 6.10. The maximum absolute atomic E-state index is 11.6. The molecule has 0 fully saturated rings. The van der Waals surface area contributed by atoms with Gasteiger partial charge in [0.25, 0.3) is 0 Å². The van der Waals surface area contributed by atoms with E-state index in [9.17, 15) is 9.90 Å². The van der Waals surface area contributed by atoms with Crippen molar-refractivity contribution >= 4 is 25.8 Å². The summed E-state index contributed by atoms with van der Waals surface area (Å²) in [6, 6.07) is 16.0. The van der Waals surface area contributed by atoms with E-state index in [2.05, 4.69) is 50.3 Å². The third-order valence-electron chi connectivity index (χ3n) is 7.47. The second kappa shape index (κ2) is 10.5. The van der Waals surface area contributed by atoms with Crippen LogP contribution in [0.4, 0.5) is 16.2 Å². The third-order valence-corrected chi connectivity index (χ3v) is 11.8. The van der Waals surface area contributed by atoms with E-state index in [1.54, 1.807) is 10.9 Å². The van der Waals surface area contributed by atoms with Gasteiger partial charge in [0.1, 0.15) is 11.4 Å². The molecule has 198 valence electrons. The van der Waals surface area contributed by atoms with E-state index in [1.807, 2.05) is 49.5 Å². The van der Waals surface area contributed by atoms with E-state index < -0.39 is 14.4 Å². The minimum absolute atomic E-state index is 0.0825. The quantitative estimate of drug-likeness (QED) is 0.324. The highest BCUT2D eigenvalue weighted by atomic mass is 28.4. The van der Waals surface area contributed by atoms with Gasteiger partial charge < -0.3 is 24.5 Å². The summed E-state index contributed by atoms with van der Waals surface area (Å²) < 4.78 is 14.3. The van der Waals surface area contributed by atoms with E-state index in [0.29, 0.717) is 32.0 Å². The van der Waals surface area contributed by atoms with Gasteiger partial charge in [0.05, 0.1) is 12.8 Å². The molecule has 9 heteroatoms. The molecule has 0 aliphatic carbocycles. The van der Waals surface area contributed by atoms with Crippen molar-refractivity contribution in [3.8, 4) is 11.6 Å². The first kappa shape index (κ1) is 26.6. The van der Waals surface area contributed by atoms with Crippen molar-refractivity contribution in [2.24, 2.45) is 7.05 Å². The summed E-state index contributed by atoms with van der Waals surface area (Å²) in [4.78, 5) is 13.1. The summed E-state index contributed by atoms with van der Waals surface area (Å²) in [5, 5.41) is 17.5. The zero-order valence-electron chi connectivity index (χ0n) is 22.6. The van der Waals surface area contributed by atoms with Gasteiger partial charge in [0.15, 0.2) is 0 Å². The van der Waals surface area contributed by atoms with Crippen LogP contribution in [0.1, 0.15) is 44.2 Å². The van der Waals surface area contributed by atoms with Crippen molar-refractivity contribution in [2.45, 2.75) is 57.8 Å². The Morgan fingerprint density at radius 1 is 1.16 bits per heavy atom. The second-order valence-electron chi connectivity index (χ2n) is 11.2. The van der Waals surface area contributed by atoms with Crippen LogP contribution < -0.4 is 14.5 Å². The predicted octanol–water partition coefficient (Wildman–Crippen LogP) is 6.59. The maximum atomic E-state index is 11.6. The standard InChI is InChI=1S/C28H38N4O4Si/c1-28(2,3)37(5,6)36-23-13-11-22(12-14-23)30-25-17-29-31(4)26(25)35-16-15-21-19-32(27(33)34)18-20-9-7-8-10-24(20)21/h7-14,17,21,30H,15-16,18-19H2,1-6H3,(H,33,34). The molecule has 3 aromatic rings. The van der Waals surface area contributed by atoms with Gasteiger partial charge in [-0.3, -0.25) is 0 Å². The lowest BCUT2D eigenvalue weighted by Crippen LogP contribution is -2.43. The number of carboxylic acid groups (broad SMARTS) is 1. The molecule has 4 rings (SSSR count). The lowest BCUT2D eigenvalue weighted by Gasteiger charge is -2.36. The SMILES string of the molecule is Cn1ncc(Nc2ccc(O[Si](C)(C)C(C)(C)C)cc2)c1OCCC1CN(C(=O)O)Cc2ccccc21. The largest absolute Gasteiger partial charge is 0.544 e. The minimum atomic E-state index is -1.89. The Morgan fingerprint density at radius 2 is 1.86 bits per heavy atom. The highest BCUT2D eigenvalue weighted by molar-refractivity contribution is 6.74. The molecule has 2 heterocycles. The fraction of sp³-hybridized carbons (Fsp3) is 0.429. The van der Waals surface area contributed by atoms with Crippen molar-refractivity contribution in [3.05, 3.63) is 65.9 Å². The molecule has 1 unspecified atom stereocenters. The molecule has 2 aromatic carbocycles. The van der Waals surface area contributed by atoms with E-state index in [0.717, 1.165) is 22.7 Å². The fourth-order valence-electron chi connectivity index (χ4n) is 4.29. The number of anilines is 2. The number of aryl methyl sites for hydroxylation is 1. The van der Waals surface area contributed by atoms with Gasteiger partial charge in [-0.1, -0.05) is 45.0 Å². The molecular weight excluding hydrogens is 484 g/mol. The van der Waals surface area contributed by atoms with Crippen LogP contribution in [-0.4, -0.2) is 47.3 Å². The monoisotopic (exact) mass is 522 g/mol. The number of aromatic nitrogens is 2. The second-order valence-corrected chi connectivity index (χ2v) is 15.9. The van der Waals surface area contributed by atoms with Crippen LogP contribution in [0.2, 0.25) is 18.1 Å². The van der Waals surface area contributed by atoms with Crippen LogP contribution in [0.5, 0.6) is 11.6 Å². The molecule has 1 atom stereocenters. The summed E-state index contributed by atoms with van der Waals surface area (Å²) in [6.07, 6.45) is 1.56. The van der Waals surface area contributed by atoms with Crippen LogP contribution >= 0.6 is 0 Å². The van der Waals surface area contributed by atoms with E-state index >= 15 is 0 Å². The molecule has 0 spiro atoms. The summed E-state index contributed by atoms with van der Waals surface area (Å²) in [5.74, 6) is 1.60. The van der Waals surface area contributed by atoms with Gasteiger partial charge in [-0.15, -0.1) is 0 Å². The van der Waals surface area contributed by atoms with Gasteiger partial charge in [-0.25, -0.2) is 9.48 Å². The number of carbonyl (C=O) groups is 1. The fourth-order valence-corrected chi connectivity index (χ4v) is 5.33. The van der Waals surface area contributed by atoms with Crippen LogP contribution in [-0.2, 0) is 13.6 Å². The Hall–Kier alpha value is -3.46. The first-order valence-electron chi connectivity index (χ1n) is 12.7. The number of nitrogens with zero attached hydrogens (tertiary/aromatic N) is 3. The molecule has 0 saturated carbocycles. The summed E-state index contributed by atoms with van der Waals surface area (Å²) >= 11 is 0. The molecule has 0 bridgehead atoms. The van der Waals surface area contributed by atoms with Crippen molar-refractivity contribution in [3.63, 3.8) is 0 Å². The van der Waals surface area contributed by atoms with Crippen molar-refractivity contribution in [1.29, 1.82) is 0 Å². The smallest absolute Gasteiger partial charge is 0.407 e. The molecule has 1 aliphatic heterocycles. The number of fused-ring (bicyclic) bond motifs is 1. The Morgan fingerprint density at radius 3 is 2.54 bits per heavy atom. The molecule has 37 heavy (non-hydrogen) atoms. The Balaban J connectivity index is 1.39. The van der Waals surface area contributed by atoms with Crippen molar-refractivity contribution in [2.75, 3.05) is 18.5 Å². The van der Waals surface area contributed by atoms with Gasteiger partial charge >= 0.3 is 6.09 Å². The molecule has 1 aromatic heterocycles. The molecule has 0 saturated heterocycles. The molecule has 0 radical (unpaired) electrons. The van der Waals surface area contributed by atoms with Crippen LogP contribution in [0.15, 0.2) is 54.7 Å². The van der Waals surface area contributed by atoms with Crippen LogP contribution in [0, 0.1) is 0 Å². The predicted molar refractivity (Wildman–Crippen MR) is 148 cm³/mol. The van der Waals surface area contributed by atoms with Gasteiger partial charge in [-0.05, 0) is 59.9 Å². The lowest BCUT2D eigenvalue weighted by atomic mass is 9.88. The molecule has 8 nitrogen and oxygen atoms in total.